The lowest BCUT2D eigenvalue weighted by molar-refractivity contribution is 0.0795. The van der Waals surface area contributed by atoms with Crippen molar-refractivity contribution in [3.8, 4) is 5.75 Å². The standard InChI is InChI=1S/C15H18Cl2O2/c1-4-6-15(5-2)8-9-7-10(19-3)12(16)13(17)11(9)14(15)18/h7H,4-6,8H2,1-3H3/t15-/m0/s1. The van der Waals surface area contributed by atoms with Gasteiger partial charge in [-0.1, -0.05) is 43.5 Å². The third kappa shape index (κ3) is 2.15. The van der Waals surface area contributed by atoms with Gasteiger partial charge in [-0.05, 0) is 30.9 Å². The Balaban J connectivity index is 2.57. The number of carbonyl (C=O) groups excluding carboxylic acids is 1. The molecule has 0 aliphatic heterocycles. The van der Waals surface area contributed by atoms with E-state index in [-0.39, 0.29) is 11.2 Å². The largest absolute Gasteiger partial charge is 0.495 e. The monoisotopic (exact) mass is 300 g/mol. The number of fused-ring (bicyclic) bond motifs is 1. The van der Waals surface area contributed by atoms with Gasteiger partial charge in [0, 0.05) is 11.0 Å². The topological polar surface area (TPSA) is 26.3 Å². The minimum Gasteiger partial charge on any atom is -0.495 e. The summed E-state index contributed by atoms with van der Waals surface area (Å²) in [5, 5.41) is 0.673. The molecule has 0 amide bonds. The van der Waals surface area contributed by atoms with Gasteiger partial charge >= 0.3 is 0 Å². The zero-order valence-corrected chi connectivity index (χ0v) is 13.0. The van der Waals surface area contributed by atoms with Crippen LogP contribution >= 0.6 is 23.2 Å². The van der Waals surface area contributed by atoms with Crippen LogP contribution in [0.4, 0.5) is 0 Å². The summed E-state index contributed by atoms with van der Waals surface area (Å²) in [7, 11) is 1.56. The molecule has 1 aliphatic rings. The van der Waals surface area contributed by atoms with Crippen LogP contribution in [0.2, 0.25) is 10.0 Å². The van der Waals surface area contributed by atoms with Crippen molar-refractivity contribution in [3.63, 3.8) is 0 Å². The quantitative estimate of drug-likeness (QED) is 0.787. The molecule has 2 rings (SSSR count). The van der Waals surface area contributed by atoms with Gasteiger partial charge in [0.1, 0.15) is 10.8 Å². The second-order valence-electron chi connectivity index (χ2n) is 5.13. The van der Waals surface area contributed by atoms with Gasteiger partial charge in [0.15, 0.2) is 5.78 Å². The van der Waals surface area contributed by atoms with Gasteiger partial charge in [0.2, 0.25) is 0 Å². The fourth-order valence-corrected chi connectivity index (χ4v) is 3.57. The highest BCUT2D eigenvalue weighted by molar-refractivity contribution is 6.45. The molecule has 0 spiro atoms. The second-order valence-corrected chi connectivity index (χ2v) is 5.89. The van der Waals surface area contributed by atoms with E-state index in [0.29, 0.717) is 21.4 Å². The van der Waals surface area contributed by atoms with Crippen LogP contribution in [0.15, 0.2) is 6.07 Å². The lowest BCUT2D eigenvalue weighted by atomic mass is 9.77. The number of hydrogen-bond donors (Lipinski definition) is 0. The van der Waals surface area contributed by atoms with Crippen LogP contribution < -0.4 is 4.74 Å². The Hall–Kier alpha value is -0.730. The molecule has 0 saturated heterocycles. The summed E-state index contributed by atoms with van der Waals surface area (Å²) in [5.74, 6) is 0.683. The molecule has 19 heavy (non-hydrogen) atoms. The highest BCUT2D eigenvalue weighted by Crippen LogP contribution is 2.49. The number of ether oxygens (including phenoxy) is 1. The Morgan fingerprint density at radius 2 is 2.00 bits per heavy atom. The van der Waals surface area contributed by atoms with Crippen LogP contribution in [0.3, 0.4) is 0 Å². The first kappa shape index (κ1) is 14.7. The van der Waals surface area contributed by atoms with Gasteiger partial charge in [-0.2, -0.15) is 0 Å². The van der Waals surface area contributed by atoms with Crippen molar-refractivity contribution in [3.05, 3.63) is 27.2 Å². The Kier molecular flexibility index (Phi) is 4.12. The van der Waals surface area contributed by atoms with Crippen LogP contribution in [0, 0.1) is 5.41 Å². The Bertz CT molecular complexity index is 525. The summed E-state index contributed by atoms with van der Waals surface area (Å²) < 4.78 is 5.22. The molecule has 0 radical (unpaired) electrons. The molecule has 0 unspecified atom stereocenters. The molecule has 4 heteroatoms. The van der Waals surface area contributed by atoms with E-state index >= 15 is 0 Å². The van der Waals surface area contributed by atoms with Gasteiger partial charge in [0.05, 0.1) is 12.1 Å². The van der Waals surface area contributed by atoms with E-state index in [4.69, 9.17) is 27.9 Å². The lowest BCUT2D eigenvalue weighted by Gasteiger charge is -2.24. The van der Waals surface area contributed by atoms with E-state index in [2.05, 4.69) is 13.8 Å². The van der Waals surface area contributed by atoms with Gasteiger partial charge < -0.3 is 4.74 Å². The van der Waals surface area contributed by atoms with Crippen LogP contribution in [-0.4, -0.2) is 12.9 Å². The Morgan fingerprint density at radius 1 is 1.32 bits per heavy atom. The van der Waals surface area contributed by atoms with E-state index in [9.17, 15) is 4.79 Å². The maximum absolute atomic E-state index is 12.7. The molecular formula is C15H18Cl2O2. The highest BCUT2D eigenvalue weighted by atomic mass is 35.5. The first-order valence-corrected chi connectivity index (χ1v) is 7.36. The summed E-state index contributed by atoms with van der Waals surface area (Å²) >= 11 is 12.4. The number of benzene rings is 1. The summed E-state index contributed by atoms with van der Waals surface area (Å²) in [6.07, 6.45) is 3.42. The predicted octanol–water partition coefficient (Wildman–Crippen LogP) is 4.94. The van der Waals surface area contributed by atoms with Gasteiger partial charge in [-0.3, -0.25) is 4.79 Å². The second kappa shape index (κ2) is 5.34. The van der Waals surface area contributed by atoms with E-state index in [1.54, 1.807) is 7.11 Å². The van der Waals surface area contributed by atoms with Crippen LogP contribution in [0.25, 0.3) is 0 Å². The molecule has 1 aliphatic carbocycles. The summed E-state index contributed by atoms with van der Waals surface area (Å²) in [4.78, 5) is 12.7. The Morgan fingerprint density at radius 3 is 2.53 bits per heavy atom. The number of hydrogen-bond acceptors (Lipinski definition) is 2. The smallest absolute Gasteiger partial charge is 0.171 e. The predicted molar refractivity (Wildman–Crippen MR) is 78.7 cm³/mol. The minimum absolute atomic E-state index is 0.140. The fourth-order valence-electron chi connectivity index (χ4n) is 3.04. The zero-order valence-electron chi connectivity index (χ0n) is 11.5. The fraction of sp³-hybridized carbons (Fsp3) is 0.533. The number of rotatable bonds is 4. The van der Waals surface area contributed by atoms with Crippen LogP contribution in [0.1, 0.15) is 49.0 Å². The van der Waals surface area contributed by atoms with Crippen molar-refractivity contribution in [1.82, 2.24) is 0 Å². The zero-order chi connectivity index (χ0) is 14.2. The van der Waals surface area contributed by atoms with E-state index in [0.717, 1.165) is 31.2 Å². The average Bonchev–Trinajstić information content (AvgIpc) is 2.68. The molecule has 0 N–H and O–H groups in total. The Labute approximate surface area is 124 Å². The molecule has 2 nitrogen and oxygen atoms in total. The maximum Gasteiger partial charge on any atom is 0.171 e. The van der Waals surface area contributed by atoms with E-state index in [1.807, 2.05) is 6.07 Å². The summed E-state index contributed by atoms with van der Waals surface area (Å²) in [6, 6.07) is 1.86. The molecule has 1 aromatic rings. The van der Waals surface area contributed by atoms with Gasteiger partial charge in [0.25, 0.3) is 0 Å². The molecule has 0 bridgehead atoms. The molecule has 1 atom stereocenters. The van der Waals surface area contributed by atoms with E-state index in [1.165, 1.54) is 0 Å². The number of Topliss-reactive ketones (excluding diaryl/α,β-unsaturated/α-hetero) is 1. The summed E-state index contributed by atoms with van der Waals surface area (Å²) in [5.41, 5.74) is 1.26. The first-order chi connectivity index (χ1) is 9.00. The average molecular weight is 301 g/mol. The molecular weight excluding hydrogens is 283 g/mol. The first-order valence-electron chi connectivity index (χ1n) is 6.60. The molecule has 0 saturated carbocycles. The van der Waals surface area contributed by atoms with Crippen LogP contribution in [0.5, 0.6) is 5.75 Å². The third-order valence-electron chi connectivity index (χ3n) is 4.12. The van der Waals surface area contributed by atoms with Crippen molar-refractivity contribution in [2.75, 3.05) is 7.11 Å². The maximum atomic E-state index is 12.7. The highest BCUT2D eigenvalue weighted by Gasteiger charge is 2.45. The molecule has 104 valence electrons. The van der Waals surface area contributed by atoms with Crippen molar-refractivity contribution < 1.29 is 9.53 Å². The normalized spacial score (nSPS) is 21.6. The van der Waals surface area contributed by atoms with E-state index < -0.39 is 0 Å². The summed E-state index contributed by atoms with van der Waals surface area (Å²) in [6.45, 7) is 4.16. The van der Waals surface area contributed by atoms with Crippen molar-refractivity contribution in [2.24, 2.45) is 5.41 Å². The van der Waals surface area contributed by atoms with Crippen molar-refractivity contribution >= 4 is 29.0 Å². The third-order valence-corrected chi connectivity index (χ3v) is 4.97. The number of carbonyl (C=O) groups is 1. The molecule has 0 heterocycles. The molecule has 0 fully saturated rings. The van der Waals surface area contributed by atoms with Crippen LogP contribution in [-0.2, 0) is 6.42 Å². The van der Waals surface area contributed by atoms with Gasteiger partial charge in [-0.15, -0.1) is 0 Å². The molecule has 1 aromatic carbocycles. The van der Waals surface area contributed by atoms with Crippen molar-refractivity contribution in [2.45, 2.75) is 39.5 Å². The molecule has 0 aromatic heterocycles. The number of methoxy groups -OCH3 is 1. The SMILES string of the molecule is CCC[C@@]1(CC)Cc2cc(OC)c(Cl)c(Cl)c2C1=O. The minimum atomic E-state index is -0.309. The van der Waals surface area contributed by atoms with Gasteiger partial charge in [-0.25, -0.2) is 0 Å². The number of ketones is 1. The lowest BCUT2D eigenvalue weighted by Crippen LogP contribution is -2.27. The number of halogens is 2. The van der Waals surface area contributed by atoms with Crippen molar-refractivity contribution in [1.29, 1.82) is 0 Å².